The molecule has 1 aliphatic rings. The molecule has 0 amide bonds. The third-order valence-electron chi connectivity index (χ3n) is 4.77. The summed E-state index contributed by atoms with van der Waals surface area (Å²) in [6.07, 6.45) is 5.44. The molecular formula is C19H30BrN. The molecule has 2 rings (SSSR count). The van der Waals surface area contributed by atoms with Gasteiger partial charge in [-0.2, -0.15) is 0 Å². The fourth-order valence-electron chi connectivity index (χ4n) is 3.56. The first kappa shape index (κ1) is 17.0. The van der Waals surface area contributed by atoms with Crippen molar-refractivity contribution in [1.82, 2.24) is 5.32 Å². The summed E-state index contributed by atoms with van der Waals surface area (Å²) >= 11 is 3.53. The number of benzene rings is 1. The summed E-state index contributed by atoms with van der Waals surface area (Å²) in [6.45, 7) is 9.35. The molecule has 0 aliphatic heterocycles. The van der Waals surface area contributed by atoms with Crippen LogP contribution in [0.2, 0.25) is 0 Å². The van der Waals surface area contributed by atoms with Crippen LogP contribution < -0.4 is 5.32 Å². The minimum Gasteiger partial charge on any atom is -0.316 e. The van der Waals surface area contributed by atoms with E-state index < -0.39 is 0 Å². The molecule has 1 nitrogen and oxygen atoms in total. The fraction of sp³-hybridized carbons (Fsp3) is 0.684. The standard InChI is InChI=1S/C19H30BrN/c1-14(2)12-21-13-17-7-4-15(3)10-18(17)11-16-5-8-19(20)9-6-16/h5-6,8-9,14-15,17-18,21H,4,7,10-13H2,1-3H3. The van der Waals surface area contributed by atoms with Gasteiger partial charge in [-0.05, 0) is 73.7 Å². The Balaban J connectivity index is 1.92. The highest BCUT2D eigenvalue weighted by atomic mass is 79.9. The minimum atomic E-state index is 0.748. The number of halogens is 1. The van der Waals surface area contributed by atoms with E-state index in [2.05, 4.69) is 66.3 Å². The van der Waals surface area contributed by atoms with Crippen LogP contribution in [0.1, 0.15) is 45.6 Å². The van der Waals surface area contributed by atoms with Crippen molar-refractivity contribution in [2.24, 2.45) is 23.7 Å². The fourth-order valence-corrected chi connectivity index (χ4v) is 3.83. The number of nitrogens with one attached hydrogen (secondary N) is 1. The van der Waals surface area contributed by atoms with Crippen LogP contribution in [0.5, 0.6) is 0 Å². The molecule has 0 heterocycles. The molecule has 0 spiro atoms. The van der Waals surface area contributed by atoms with Gasteiger partial charge in [-0.1, -0.05) is 55.3 Å². The van der Waals surface area contributed by atoms with Gasteiger partial charge in [0.2, 0.25) is 0 Å². The van der Waals surface area contributed by atoms with Gasteiger partial charge in [0, 0.05) is 4.47 Å². The molecular weight excluding hydrogens is 322 g/mol. The smallest absolute Gasteiger partial charge is 0.0175 e. The van der Waals surface area contributed by atoms with Gasteiger partial charge in [0.1, 0.15) is 0 Å². The molecule has 3 unspecified atom stereocenters. The van der Waals surface area contributed by atoms with Crippen LogP contribution in [-0.2, 0) is 6.42 Å². The van der Waals surface area contributed by atoms with Crippen LogP contribution in [0, 0.1) is 23.7 Å². The van der Waals surface area contributed by atoms with Crippen molar-refractivity contribution in [1.29, 1.82) is 0 Å². The van der Waals surface area contributed by atoms with E-state index in [-0.39, 0.29) is 0 Å². The lowest BCUT2D eigenvalue weighted by atomic mass is 9.72. The predicted molar refractivity (Wildman–Crippen MR) is 95.5 cm³/mol. The molecule has 0 saturated heterocycles. The zero-order valence-corrected chi connectivity index (χ0v) is 15.3. The lowest BCUT2D eigenvalue weighted by Crippen LogP contribution is -2.35. The first-order chi connectivity index (χ1) is 10.0. The third-order valence-corrected chi connectivity index (χ3v) is 5.30. The van der Waals surface area contributed by atoms with Gasteiger partial charge in [-0.3, -0.25) is 0 Å². The van der Waals surface area contributed by atoms with Crippen LogP contribution >= 0.6 is 15.9 Å². The van der Waals surface area contributed by atoms with Crippen LogP contribution in [0.15, 0.2) is 28.7 Å². The van der Waals surface area contributed by atoms with Gasteiger partial charge in [0.05, 0.1) is 0 Å². The minimum absolute atomic E-state index is 0.748. The maximum Gasteiger partial charge on any atom is 0.0175 e. The maximum atomic E-state index is 3.69. The monoisotopic (exact) mass is 351 g/mol. The Bertz CT molecular complexity index is 412. The second-order valence-corrected chi connectivity index (χ2v) is 8.24. The molecule has 1 aromatic rings. The van der Waals surface area contributed by atoms with E-state index in [9.17, 15) is 0 Å². The number of rotatable bonds is 6. The van der Waals surface area contributed by atoms with Gasteiger partial charge in [0.15, 0.2) is 0 Å². The summed E-state index contributed by atoms with van der Waals surface area (Å²) in [5.74, 6) is 3.34. The van der Waals surface area contributed by atoms with E-state index in [0.717, 1.165) is 30.2 Å². The van der Waals surface area contributed by atoms with Crippen molar-refractivity contribution < 1.29 is 0 Å². The van der Waals surface area contributed by atoms with Gasteiger partial charge < -0.3 is 5.32 Å². The zero-order valence-electron chi connectivity index (χ0n) is 13.7. The van der Waals surface area contributed by atoms with Crippen molar-refractivity contribution in [3.05, 3.63) is 34.3 Å². The highest BCUT2D eigenvalue weighted by Gasteiger charge is 2.28. The Hall–Kier alpha value is -0.340. The van der Waals surface area contributed by atoms with E-state index in [1.165, 1.54) is 42.3 Å². The van der Waals surface area contributed by atoms with Crippen molar-refractivity contribution in [2.75, 3.05) is 13.1 Å². The molecule has 1 fully saturated rings. The number of hydrogen-bond donors (Lipinski definition) is 1. The van der Waals surface area contributed by atoms with Crippen molar-refractivity contribution in [3.63, 3.8) is 0 Å². The SMILES string of the molecule is CC(C)CNCC1CCC(C)CC1Cc1ccc(Br)cc1. The van der Waals surface area contributed by atoms with E-state index in [1.807, 2.05) is 0 Å². The van der Waals surface area contributed by atoms with Gasteiger partial charge in [-0.15, -0.1) is 0 Å². The summed E-state index contributed by atoms with van der Waals surface area (Å²) in [7, 11) is 0. The molecule has 3 atom stereocenters. The first-order valence-corrected chi connectivity index (χ1v) is 9.29. The van der Waals surface area contributed by atoms with Crippen molar-refractivity contribution >= 4 is 15.9 Å². The Labute approximate surface area is 139 Å². The maximum absolute atomic E-state index is 3.69. The van der Waals surface area contributed by atoms with E-state index >= 15 is 0 Å². The molecule has 118 valence electrons. The van der Waals surface area contributed by atoms with Gasteiger partial charge >= 0.3 is 0 Å². The average molecular weight is 352 g/mol. The second kappa shape index (κ2) is 8.33. The molecule has 0 aromatic heterocycles. The summed E-state index contributed by atoms with van der Waals surface area (Å²) in [6, 6.07) is 8.91. The van der Waals surface area contributed by atoms with Gasteiger partial charge in [-0.25, -0.2) is 0 Å². The van der Waals surface area contributed by atoms with Crippen LogP contribution in [0.25, 0.3) is 0 Å². The highest BCUT2D eigenvalue weighted by molar-refractivity contribution is 9.10. The Morgan fingerprint density at radius 3 is 2.52 bits per heavy atom. The van der Waals surface area contributed by atoms with Crippen molar-refractivity contribution in [2.45, 2.75) is 46.5 Å². The Morgan fingerprint density at radius 1 is 1.14 bits per heavy atom. The van der Waals surface area contributed by atoms with E-state index in [0.29, 0.717) is 0 Å². The summed E-state index contributed by atoms with van der Waals surface area (Å²) in [4.78, 5) is 0. The highest BCUT2D eigenvalue weighted by Crippen LogP contribution is 2.35. The van der Waals surface area contributed by atoms with Crippen LogP contribution in [-0.4, -0.2) is 13.1 Å². The molecule has 2 heteroatoms. The molecule has 1 N–H and O–H groups in total. The quantitative estimate of drug-likeness (QED) is 0.734. The largest absolute Gasteiger partial charge is 0.316 e. The molecule has 0 radical (unpaired) electrons. The lowest BCUT2D eigenvalue weighted by molar-refractivity contribution is 0.182. The molecule has 21 heavy (non-hydrogen) atoms. The van der Waals surface area contributed by atoms with Gasteiger partial charge in [0.25, 0.3) is 0 Å². The molecule has 1 aliphatic carbocycles. The Kier molecular flexibility index (Phi) is 6.75. The summed E-state index contributed by atoms with van der Waals surface area (Å²) in [5.41, 5.74) is 1.49. The molecule has 0 bridgehead atoms. The lowest BCUT2D eigenvalue weighted by Gasteiger charge is -2.35. The van der Waals surface area contributed by atoms with Crippen LogP contribution in [0.4, 0.5) is 0 Å². The molecule has 1 aromatic carbocycles. The van der Waals surface area contributed by atoms with E-state index in [1.54, 1.807) is 0 Å². The third kappa shape index (κ3) is 5.75. The predicted octanol–water partition coefficient (Wildman–Crippen LogP) is 5.29. The Morgan fingerprint density at radius 2 is 1.86 bits per heavy atom. The van der Waals surface area contributed by atoms with Crippen molar-refractivity contribution in [3.8, 4) is 0 Å². The second-order valence-electron chi connectivity index (χ2n) is 7.32. The zero-order chi connectivity index (χ0) is 15.2. The summed E-state index contributed by atoms with van der Waals surface area (Å²) < 4.78 is 1.18. The van der Waals surface area contributed by atoms with E-state index in [4.69, 9.17) is 0 Å². The normalized spacial score (nSPS) is 26.2. The first-order valence-electron chi connectivity index (χ1n) is 8.49. The summed E-state index contributed by atoms with van der Waals surface area (Å²) in [5, 5.41) is 3.69. The topological polar surface area (TPSA) is 12.0 Å². The number of hydrogen-bond acceptors (Lipinski definition) is 1. The van der Waals surface area contributed by atoms with Crippen LogP contribution in [0.3, 0.4) is 0 Å². The average Bonchev–Trinajstić information content (AvgIpc) is 2.43. The molecule has 1 saturated carbocycles.